The highest BCUT2D eigenvalue weighted by atomic mass is 32.1. The molecule has 3 rings (SSSR count). The molecule has 2 heterocycles. The normalized spacial score (nSPS) is 14.5. The van der Waals surface area contributed by atoms with Gasteiger partial charge in [0.05, 0.1) is 17.6 Å². The van der Waals surface area contributed by atoms with E-state index in [0.29, 0.717) is 35.6 Å². The lowest BCUT2D eigenvalue weighted by Gasteiger charge is -2.34. The number of rotatable bonds is 6. The van der Waals surface area contributed by atoms with Crippen LogP contribution in [0.1, 0.15) is 30.4 Å². The molecule has 1 aromatic heterocycles. The third kappa shape index (κ3) is 4.96. The number of thiophene rings is 1. The minimum absolute atomic E-state index is 0.0398. The lowest BCUT2D eigenvalue weighted by Crippen LogP contribution is -2.50. The molecule has 8 heteroatoms. The van der Waals surface area contributed by atoms with Gasteiger partial charge < -0.3 is 15.0 Å². The first-order valence-corrected chi connectivity index (χ1v) is 9.98. The molecule has 1 N–H and O–H groups in total. The maximum Gasteiger partial charge on any atom is 0.337 e. The molecule has 0 atom stereocenters. The molecule has 2 amide bonds. The number of carbonyl (C=O) groups excluding carboxylic acids is 3. The number of carbonyl (C=O) groups is 3. The number of esters is 1. The van der Waals surface area contributed by atoms with Crippen molar-refractivity contribution in [2.75, 3.05) is 46.4 Å². The predicted octanol–water partition coefficient (Wildman–Crippen LogP) is 1.72. The molecule has 1 saturated heterocycles. The highest BCUT2D eigenvalue weighted by Gasteiger charge is 2.22. The van der Waals surface area contributed by atoms with E-state index in [4.69, 9.17) is 0 Å². The van der Waals surface area contributed by atoms with Gasteiger partial charge in [0, 0.05) is 44.8 Å². The summed E-state index contributed by atoms with van der Waals surface area (Å²) in [5, 5.41) is 4.81. The van der Waals surface area contributed by atoms with Crippen LogP contribution in [0.3, 0.4) is 0 Å². The van der Waals surface area contributed by atoms with Gasteiger partial charge in [-0.15, -0.1) is 11.3 Å². The Bertz CT molecular complexity index is 812. The molecule has 1 aliphatic rings. The molecule has 0 saturated carbocycles. The van der Waals surface area contributed by atoms with Crippen LogP contribution < -0.4 is 5.32 Å². The fourth-order valence-electron chi connectivity index (χ4n) is 3.05. The maximum atomic E-state index is 12.6. The van der Waals surface area contributed by atoms with Crippen molar-refractivity contribution >= 4 is 29.1 Å². The van der Waals surface area contributed by atoms with E-state index in [9.17, 15) is 14.4 Å². The van der Waals surface area contributed by atoms with Gasteiger partial charge in [-0.2, -0.15) is 0 Å². The SMILES string of the molecule is COC(=O)c1ccc(C(=O)N2CCN(CCNC(=O)c3cccs3)CC2)cc1. The standard InChI is InChI=1S/C20H23N3O4S/c1-27-20(26)16-6-4-15(5-7-16)19(25)23-12-10-22(11-13-23)9-8-21-18(24)17-3-2-14-28-17/h2-7,14H,8-13H2,1H3,(H,21,24). The van der Waals surface area contributed by atoms with Crippen LogP contribution >= 0.6 is 11.3 Å². The monoisotopic (exact) mass is 401 g/mol. The van der Waals surface area contributed by atoms with Gasteiger partial charge in [-0.25, -0.2) is 4.79 Å². The Morgan fingerprint density at radius 3 is 2.32 bits per heavy atom. The fourth-order valence-corrected chi connectivity index (χ4v) is 3.69. The van der Waals surface area contributed by atoms with E-state index in [-0.39, 0.29) is 11.8 Å². The Morgan fingerprint density at radius 2 is 1.71 bits per heavy atom. The second-order valence-corrected chi connectivity index (χ2v) is 7.38. The molecule has 7 nitrogen and oxygen atoms in total. The van der Waals surface area contributed by atoms with Crippen molar-refractivity contribution in [3.63, 3.8) is 0 Å². The largest absolute Gasteiger partial charge is 0.465 e. The van der Waals surface area contributed by atoms with Crippen LogP contribution in [-0.2, 0) is 4.74 Å². The van der Waals surface area contributed by atoms with Gasteiger partial charge in [0.15, 0.2) is 0 Å². The van der Waals surface area contributed by atoms with Gasteiger partial charge in [0.2, 0.25) is 0 Å². The number of nitrogens with zero attached hydrogens (tertiary/aromatic N) is 2. The number of piperazine rings is 1. The number of methoxy groups -OCH3 is 1. The van der Waals surface area contributed by atoms with Crippen LogP contribution in [-0.4, -0.2) is 74.0 Å². The smallest absolute Gasteiger partial charge is 0.337 e. The summed E-state index contributed by atoms with van der Waals surface area (Å²) in [4.78, 5) is 40.8. The summed E-state index contributed by atoms with van der Waals surface area (Å²) in [6.45, 7) is 4.14. The van der Waals surface area contributed by atoms with Crippen molar-refractivity contribution in [3.05, 3.63) is 57.8 Å². The molecule has 148 valence electrons. The summed E-state index contributed by atoms with van der Waals surface area (Å²) >= 11 is 1.43. The summed E-state index contributed by atoms with van der Waals surface area (Å²) < 4.78 is 4.67. The minimum Gasteiger partial charge on any atom is -0.465 e. The zero-order chi connectivity index (χ0) is 19.9. The molecule has 0 radical (unpaired) electrons. The number of hydrogen-bond donors (Lipinski definition) is 1. The first-order valence-electron chi connectivity index (χ1n) is 9.10. The third-order valence-electron chi connectivity index (χ3n) is 4.67. The molecule has 1 fully saturated rings. The summed E-state index contributed by atoms with van der Waals surface area (Å²) in [6.07, 6.45) is 0. The Kier molecular flexibility index (Phi) is 6.78. The van der Waals surface area contributed by atoms with E-state index >= 15 is 0 Å². The van der Waals surface area contributed by atoms with Crippen molar-refractivity contribution in [1.82, 2.24) is 15.1 Å². The van der Waals surface area contributed by atoms with Gasteiger partial charge in [0.1, 0.15) is 0 Å². The molecule has 1 aromatic carbocycles. The number of benzene rings is 1. The Hall–Kier alpha value is -2.71. The zero-order valence-corrected chi connectivity index (χ0v) is 16.5. The summed E-state index contributed by atoms with van der Waals surface area (Å²) in [5.41, 5.74) is 0.984. The molecule has 28 heavy (non-hydrogen) atoms. The van der Waals surface area contributed by atoms with Crippen LogP contribution in [0.2, 0.25) is 0 Å². The van der Waals surface area contributed by atoms with Gasteiger partial charge in [-0.1, -0.05) is 6.07 Å². The van der Waals surface area contributed by atoms with E-state index in [2.05, 4.69) is 15.0 Å². The van der Waals surface area contributed by atoms with Crippen molar-refractivity contribution in [1.29, 1.82) is 0 Å². The second kappa shape index (κ2) is 9.48. The summed E-state index contributed by atoms with van der Waals surface area (Å²) in [6, 6.07) is 10.2. The first-order chi connectivity index (χ1) is 13.6. The van der Waals surface area contributed by atoms with Crippen LogP contribution in [0, 0.1) is 0 Å². The summed E-state index contributed by atoms with van der Waals surface area (Å²) in [5.74, 6) is -0.500. The molecule has 0 spiro atoms. The number of hydrogen-bond acceptors (Lipinski definition) is 6. The van der Waals surface area contributed by atoms with E-state index < -0.39 is 5.97 Å². The Balaban J connectivity index is 1.42. The molecule has 0 bridgehead atoms. The lowest BCUT2D eigenvalue weighted by atomic mass is 10.1. The highest BCUT2D eigenvalue weighted by Crippen LogP contribution is 2.11. The third-order valence-corrected chi connectivity index (χ3v) is 5.54. The first kappa shape index (κ1) is 20.0. The minimum atomic E-state index is -0.418. The Labute approximate surface area is 167 Å². The van der Waals surface area contributed by atoms with Gasteiger partial charge in [0.25, 0.3) is 11.8 Å². The molecular formula is C20H23N3O4S. The van der Waals surface area contributed by atoms with Crippen LogP contribution in [0.25, 0.3) is 0 Å². The number of ether oxygens (including phenoxy) is 1. The molecule has 0 aliphatic carbocycles. The number of amides is 2. The highest BCUT2D eigenvalue weighted by molar-refractivity contribution is 7.12. The van der Waals surface area contributed by atoms with Gasteiger partial charge >= 0.3 is 5.97 Å². The topological polar surface area (TPSA) is 79.0 Å². The lowest BCUT2D eigenvalue weighted by molar-refractivity contribution is 0.0596. The van der Waals surface area contributed by atoms with E-state index in [0.717, 1.165) is 19.6 Å². The van der Waals surface area contributed by atoms with Crippen LogP contribution in [0.15, 0.2) is 41.8 Å². The molecule has 1 aliphatic heterocycles. The average molecular weight is 401 g/mol. The van der Waals surface area contributed by atoms with E-state index in [1.807, 2.05) is 22.4 Å². The fraction of sp³-hybridized carbons (Fsp3) is 0.350. The summed E-state index contributed by atoms with van der Waals surface area (Å²) in [7, 11) is 1.33. The van der Waals surface area contributed by atoms with Crippen LogP contribution in [0.4, 0.5) is 0 Å². The van der Waals surface area contributed by atoms with E-state index in [1.54, 1.807) is 24.3 Å². The molecular weight excluding hydrogens is 378 g/mol. The molecule has 2 aromatic rings. The second-order valence-electron chi connectivity index (χ2n) is 6.44. The van der Waals surface area contributed by atoms with Crippen molar-refractivity contribution in [3.8, 4) is 0 Å². The van der Waals surface area contributed by atoms with Gasteiger partial charge in [-0.05, 0) is 35.7 Å². The van der Waals surface area contributed by atoms with Gasteiger partial charge in [-0.3, -0.25) is 14.5 Å². The maximum absolute atomic E-state index is 12.6. The quantitative estimate of drug-likeness (QED) is 0.746. The van der Waals surface area contributed by atoms with Crippen molar-refractivity contribution < 1.29 is 19.1 Å². The zero-order valence-electron chi connectivity index (χ0n) is 15.7. The number of nitrogens with one attached hydrogen (secondary N) is 1. The van der Waals surface area contributed by atoms with Crippen LogP contribution in [0.5, 0.6) is 0 Å². The average Bonchev–Trinajstić information content (AvgIpc) is 3.28. The van der Waals surface area contributed by atoms with Crippen molar-refractivity contribution in [2.24, 2.45) is 0 Å². The van der Waals surface area contributed by atoms with Crippen molar-refractivity contribution in [2.45, 2.75) is 0 Å². The molecule has 0 unspecified atom stereocenters. The van der Waals surface area contributed by atoms with E-state index in [1.165, 1.54) is 18.4 Å². The predicted molar refractivity (Wildman–Crippen MR) is 107 cm³/mol. The Morgan fingerprint density at radius 1 is 1.04 bits per heavy atom.